The van der Waals surface area contributed by atoms with Crippen LogP contribution in [0.25, 0.3) is 0 Å². The van der Waals surface area contributed by atoms with Crippen molar-refractivity contribution >= 4 is 23.5 Å². The number of anilines is 2. The lowest BCUT2D eigenvalue weighted by molar-refractivity contribution is 0.273. The highest BCUT2D eigenvalue weighted by atomic mass is 35.5. The predicted molar refractivity (Wildman–Crippen MR) is 89.3 cm³/mol. The number of rotatable bonds is 9. The van der Waals surface area contributed by atoms with Crippen LogP contribution in [0.2, 0.25) is 5.28 Å². The summed E-state index contributed by atoms with van der Waals surface area (Å²) < 4.78 is 0. The third kappa shape index (κ3) is 6.01. The van der Waals surface area contributed by atoms with E-state index in [2.05, 4.69) is 59.9 Å². The lowest BCUT2D eigenvalue weighted by atomic mass is 10.3. The molecule has 0 aliphatic carbocycles. The third-order valence-electron chi connectivity index (χ3n) is 3.49. The maximum Gasteiger partial charge on any atom is 0.231 e. The summed E-state index contributed by atoms with van der Waals surface area (Å²) in [5.74, 6) is 1.17. The molecule has 0 unspecified atom stereocenters. The molecule has 1 N–H and O–H groups in total. The molecule has 6 nitrogen and oxygen atoms in total. The number of hydrogen-bond donors (Lipinski definition) is 1. The van der Waals surface area contributed by atoms with Gasteiger partial charge in [0.2, 0.25) is 17.2 Å². The largest absolute Gasteiger partial charge is 0.354 e. The Morgan fingerprint density at radius 1 is 1.14 bits per heavy atom. The van der Waals surface area contributed by atoms with Crippen LogP contribution in [0.3, 0.4) is 0 Å². The lowest BCUT2D eigenvalue weighted by Gasteiger charge is -2.21. The number of aromatic nitrogens is 3. The minimum Gasteiger partial charge on any atom is -0.354 e. The van der Waals surface area contributed by atoms with Gasteiger partial charge in [-0.1, -0.05) is 0 Å². The molecule has 0 radical (unpaired) electrons. The summed E-state index contributed by atoms with van der Waals surface area (Å²) in [7, 11) is 2.13. The van der Waals surface area contributed by atoms with Crippen molar-refractivity contribution in [2.45, 2.75) is 40.2 Å². The van der Waals surface area contributed by atoms with E-state index in [1.807, 2.05) is 4.90 Å². The maximum absolute atomic E-state index is 5.98. The highest BCUT2D eigenvalue weighted by molar-refractivity contribution is 6.28. The van der Waals surface area contributed by atoms with E-state index < -0.39 is 0 Å². The first-order valence-electron chi connectivity index (χ1n) is 7.58. The van der Waals surface area contributed by atoms with E-state index >= 15 is 0 Å². The van der Waals surface area contributed by atoms with Crippen LogP contribution >= 0.6 is 11.6 Å². The molecule has 0 amide bonds. The molecule has 1 rings (SSSR count). The van der Waals surface area contributed by atoms with Crippen molar-refractivity contribution < 1.29 is 0 Å². The second-order valence-electron chi connectivity index (χ2n) is 5.26. The molecule has 0 aliphatic rings. The zero-order valence-corrected chi connectivity index (χ0v) is 14.5. The van der Waals surface area contributed by atoms with Crippen molar-refractivity contribution in [2.75, 3.05) is 43.4 Å². The minimum absolute atomic E-state index is 0.230. The van der Waals surface area contributed by atoms with E-state index in [1.54, 1.807) is 0 Å². The summed E-state index contributed by atoms with van der Waals surface area (Å²) in [6, 6.07) is 0.561. The summed E-state index contributed by atoms with van der Waals surface area (Å²) in [6.45, 7) is 12.0. The van der Waals surface area contributed by atoms with E-state index in [-0.39, 0.29) is 5.28 Å². The first-order valence-corrected chi connectivity index (χ1v) is 7.96. The minimum atomic E-state index is 0.230. The van der Waals surface area contributed by atoms with Gasteiger partial charge < -0.3 is 15.1 Å². The van der Waals surface area contributed by atoms with Gasteiger partial charge in [0.1, 0.15) is 0 Å². The maximum atomic E-state index is 5.98. The molecule has 0 saturated heterocycles. The molecule has 0 aliphatic heterocycles. The Morgan fingerprint density at radius 3 is 2.38 bits per heavy atom. The quantitative estimate of drug-likeness (QED) is 0.707. The van der Waals surface area contributed by atoms with Crippen molar-refractivity contribution in [1.29, 1.82) is 0 Å². The first-order chi connectivity index (χ1) is 9.97. The van der Waals surface area contributed by atoms with Crippen molar-refractivity contribution in [3.63, 3.8) is 0 Å². The van der Waals surface area contributed by atoms with Gasteiger partial charge in [-0.15, -0.1) is 0 Å². The fourth-order valence-electron chi connectivity index (χ4n) is 1.85. The van der Waals surface area contributed by atoms with Gasteiger partial charge in [0.25, 0.3) is 0 Å². The van der Waals surface area contributed by atoms with Gasteiger partial charge >= 0.3 is 0 Å². The van der Waals surface area contributed by atoms with E-state index in [0.717, 1.165) is 32.6 Å². The molecule has 0 fully saturated rings. The Labute approximate surface area is 132 Å². The monoisotopic (exact) mass is 314 g/mol. The molecule has 0 spiro atoms. The molecule has 21 heavy (non-hydrogen) atoms. The molecule has 0 saturated carbocycles. The summed E-state index contributed by atoms with van der Waals surface area (Å²) >= 11 is 5.98. The Balaban J connectivity index is 2.55. The van der Waals surface area contributed by atoms with Crippen LogP contribution in [0.15, 0.2) is 0 Å². The summed E-state index contributed by atoms with van der Waals surface area (Å²) in [4.78, 5) is 17.1. The number of hydrogen-bond acceptors (Lipinski definition) is 6. The van der Waals surface area contributed by atoms with Crippen LogP contribution in [0.5, 0.6) is 0 Å². The topological polar surface area (TPSA) is 57.2 Å². The zero-order valence-electron chi connectivity index (χ0n) is 13.7. The van der Waals surface area contributed by atoms with Crippen molar-refractivity contribution in [1.82, 2.24) is 19.9 Å². The SMILES string of the molecule is CCN(CC)c1nc(Cl)nc(NCCCN(C)C(C)C)n1. The fraction of sp³-hybridized carbons (Fsp3) is 0.786. The van der Waals surface area contributed by atoms with Crippen LogP contribution in [-0.2, 0) is 0 Å². The van der Waals surface area contributed by atoms with Gasteiger partial charge in [-0.3, -0.25) is 0 Å². The van der Waals surface area contributed by atoms with Gasteiger partial charge in [0.05, 0.1) is 0 Å². The number of halogens is 1. The van der Waals surface area contributed by atoms with Crippen LogP contribution in [-0.4, -0.2) is 59.1 Å². The van der Waals surface area contributed by atoms with Gasteiger partial charge in [-0.2, -0.15) is 15.0 Å². The summed E-state index contributed by atoms with van der Waals surface area (Å²) in [5, 5.41) is 3.45. The lowest BCUT2D eigenvalue weighted by Crippen LogP contribution is -2.28. The van der Waals surface area contributed by atoms with Gasteiger partial charge in [0, 0.05) is 25.7 Å². The molecule has 1 aromatic rings. The molecule has 7 heteroatoms. The van der Waals surface area contributed by atoms with Crippen molar-refractivity contribution in [3.8, 4) is 0 Å². The average Bonchev–Trinajstić information content (AvgIpc) is 2.44. The van der Waals surface area contributed by atoms with Crippen LogP contribution in [0.4, 0.5) is 11.9 Å². The highest BCUT2D eigenvalue weighted by Gasteiger charge is 2.10. The molecule has 1 aromatic heterocycles. The van der Waals surface area contributed by atoms with E-state index in [4.69, 9.17) is 11.6 Å². The van der Waals surface area contributed by atoms with Crippen molar-refractivity contribution in [3.05, 3.63) is 5.28 Å². The average molecular weight is 315 g/mol. The smallest absolute Gasteiger partial charge is 0.231 e. The Bertz CT molecular complexity index is 422. The van der Waals surface area contributed by atoms with E-state index in [1.165, 1.54) is 0 Å². The molecule has 120 valence electrons. The molecule has 0 bridgehead atoms. The molecular weight excluding hydrogens is 288 g/mol. The summed E-state index contributed by atoms with van der Waals surface area (Å²) in [5.41, 5.74) is 0. The zero-order chi connectivity index (χ0) is 15.8. The second kappa shape index (κ2) is 9.00. The highest BCUT2D eigenvalue weighted by Crippen LogP contribution is 2.13. The van der Waals surface area contributed by atoms with Crippen LogP contribution in [0, 0.1) is 0 Å². The standard InChI is InChI=1S/C14H27ClN6/c1-6-21(7-2)14-18-12(15)17-13(19-14)16-9-8-10-20(5)11(3)4/h11H,6-10H2,1-5H3,(H,16,17,18,19). The predicted octanol–water partition coefficient (Wildman–Crippen LogP) is 2.51. The van der Waals surface area contributed by atoms with Gasteiger partial charge in [0.15, 0.2) is 0 Å². The Hall–Kier alpha value is -1.14. The fourth-order valence-corrected chi connectivity index (χ4v) is 2.01. The van der Waals surface area contributed by atoms with Crippen LogP contribution in [0.1, 0.15) is 34.1 Å². The Kier molecular flexibility index (Phi) is 7.67. The van der Waals surface area contributed by atoms with E-state index in [9.17, 15) is 0 Å². The Morgan fingerprint density at radius 2 is 1.81 bits per heavy atom. The normalized spacial score (nSPS) is 11.2. The number of nitrogens with zero attached hydrogens (tertiary/aromatic N) is 5. The first kappa shape index (κ1) is 17.9. The van der Waals surface area contributed by atoms with E-state index in [0.29, 0.717) is 17.9 Å². The van der Waals surface area contributed by atoms with Gasteiger partial charge in [-0.05, 0) is 59.3 Å². The molecule has 0 atom stereocenters. The third-order valence-corrected chi connectivity index (χ3v) is 3.66. The molecular formula is C14H27ClN6. The van der Waals surface area contributed by atoms with Crippen molar-refractivity contribution in [2.24, 2.45) is 0 Å². The second-order valence-corrected chi connectivity index (χ2v) is 5.59. The number of nitrogens with one attached hydrogen (secondary N) is 1. The van der Waals surface area contributed by atoms with Crippen LogP contribution < -0.4 is 10.2 Å². The molecule has 0 aromatic carbocycles. The van der Waals surface area contributed by atoms with Gasteiger partial charge in [-0.25, -0.2) is 0 Å². The molecule has 1 heterocycles. The summed E-state index contributed by atoms with van der Waals surface area (Å²) in [6.07, 6.45) is 1.03.